The number of aryl methyl sites for hydroxylation is 1. The number of unbranched alkanes of at least 4 members (excludes halogenated alkanes) is 2. The third-order valence-corrected chi connectivity index (χ3v) is 7.23. The van der Waals surface area contributed by atoms with Crippen molar-refractivity contribution in [3.63, 3.8) is 0 Å². The Balaban J connectivity index is 1.43. The molecule has 1 aliphatic rings. The Morgan fingerprint density at radius 1 is 1.06 bits per heavy atom. The van der Waals surface area contributed by atoms with E-state index < -0.39 is 0 Å². The van der Waals surface area contributed by atoms with E-state index in [4.69, 9.17) is 47.0 Å². The fourth-order valence-electron chi connectivity index (χ4n) is 3.07. The first kappa shape index (κ1) is 25.1. The Morgan fingerprint density at radius 2 is 1.75 bits per heavy atom. The summed E-state index contributed by atoms with van der Waals surface area (Å²) >= 11 is 24.7. The SMILES string of the molecule is Cc1ccc(/C=C2\SC(=S)N(CCCCCC(=O)Nc3cc(Cl)c(Cl)cc3Cl)C2=O)cc1. The van der Waals surface area contributed by atoms with E-state index in [1.54, 1.807) is 4.90 Å². The van der Waals surface area contributed by atoms with Crippen LogP contribution in [0.5, 0.6) is 0 Å². The minimum absolute atomic E-state index is 0.0624. The van der Waals surface area contributed by atoms with E-state index in [1.165, 1.54) is 29.5 Å². The van der Waals surface area contributed by atoms with Gasteiger partial charge in [-0.25, -0.2) is 0 Å². The molecular weight excluding hydrogens is 507 g/mol. The number of hydrogen-bond donors (Lipinski definition) is 1. The van der Waals surface area contributed by atoms with Gasteiger partial charge in [-0.2, -0.15) is 0 Å². The highest BCUT2D eigenvalue weighted by Crippen LogP contribution is 2.33. The van der Waals surface area contributed by atoms with Crippen molar-refractivity contribution in [3.8, 4) is 0 Å². The van der Waals surface area contributed by atoms with Gasteiger partial charge in [0.05, 0.1) is 25.7 Å². The second kappa shape index (κ2) is 11.5. The summed E-state index contributed by atoms with van der Waals surface area (Å²) in [5.41, 5.74) is 2.58. The summed E-state index contributed by atoms with van der Waals surface area (Å²) in [7, 11) is 0. The molecule has 0 aromatic heterocycles. The van der Waals surface area contributed by atoms with Crippen LogP contribution in [0.15, 0.2) is 41.3 Å². The van der Waals surface area contributed by atoms with E-state index in [0.29, 0.717) is 49.4 Å². The van der Waals surface area contributed by atoms with Gasteiger partial charge in [0.1, 0.15) is 4.32 Å². The second-order valence-corrected chi connectivity index (χ2v) is 10.2. The average Bonchev–Trinajstić information content (AvgIpc) is 3.00. The lowest BCUT2D eigenvalue weighted by molar-refractivity contribution is -0.122. The molecule has 0 bridgehead atoms. The summed E-state index contributed by atoms with van der Waals surface area (Å²) in [5, 5.41) is 3.74. The van der Waals surface area contributed by atoms with Gasteiger partial charge in [-0.1, -0.05) is 95.0 Å². The molecule has 168 valence electrons. The molecule has 2 amide bonds. The second-order valence-electron chi connectivity index (χ2n) is 7.35. The number of nitrogens with one attached hydrogen (secondary N) is 1. The van der Waals surface area contributed by atoms with Gasteiger partial charge in [-0.05, 0) is 43.5 Å². The molecule has 1 aliphatic heterocycles. The summed E-state index contributed by atoms with van der Waals surface area (Å²) in [4.78, 5) is 27.1. The van der Waals surface area contributed by atoms with E-state index in [1.807, 2.05) is 37.3 Å². The molecule has 0 spiro atoms. The van der Waals surface area contributed by atoms with Crippen molar-refractivity contribution in [2.75, 3.05) is 11.9 Å². The number of thioether (sulfide) groups is 1. The molecule has 3 rings (SSSR count). The number of anilines is 1. The highest BCUT2D eigenvalue weighted by molar-refractivity contribution is 8.26. The zero-order chi connectivity index (χ0) is 23.3. The minimum atomic E-state index is -0.156. The number of carbonyl (C=O) groups is 2. The molecule has 0 aliphatic carbocycles. The molecule has 0 unspecified atom stereocenters. The maximum Gasteiger partial charge on any atom is 0.266 e. The van der Waals surface area contributed by atoms with Gasteiger partial charge in [-0.3, -0.25) is 14.5 Å². The quantitative estimate of drug-likeness (QED) is 0.169. The Bertz CT molecular complexity index is 1070. The number of nitrogens with zero attached hydrogens (tertiary/aromatic N) is 1. The van der Waals surface area contributed by atoms with Crippen LogP contribution >= 0.6 is 58.8 Å². The van der Waals surface area contributed by atoms with Crippen LogP contribution in [0.2, 0.25) is 15.1 Å². The first-order valence-corrected chi connectivity index (χ1v) is 12.4. The largest absolute Gasteiger partial charge is 0.325 e. The number of rotatable bonds is 8. The molecule has 9 heteroatoms. The smallest absolute Gasteiger partial charge is 0.266 e. The van der Waals surface area contributed by atoms with Crippen molar-refractivity contribution in [2.24, 2.45) is 0 Å². The van der Waals surface area contributed by atoms with E-state index >= 15 is 0 Å². The van der Waals surface area contributed by atoms with Crippen molar-refractivity contribution >= 4 is 86.7 Å². The van der Waals surface area contributed by atoms with Crippen LogP contribution in [0, 0.1) is 6.92 Å². The molecule has 1 N–H and O–H groups in total. The Kier molecular flexibility index (Phi) is 9.03. The highest BCUT2D eigenvalue weighted by atomic mass is 35.5. The Morgan fingerprint density at radius 3 is 2.47 bits per heavy atom. The van der Waals surface area contributed by atoms with Crippen LogP contribution in [-0.4, -0.2) is 27.6 Å². The van der Waals surface area contributed by atoms with Crippen LogP contribution in [0.3, 0.4) is 0 Å². The Labute approximate surface area is 212 Å². The molecule has 32 heavy (non-hydrogen) atoms. The first-order valence-electron chi connectivity index (χ1n) is 10.0. The number of halogens is 3. The van der Waals surface area contributed by atoms with Gasteiger partial charge in [0.25, 0.3) is 5.91 Å². The number of carbonyl (C=O) groups excluding carboxylic acids is 2. The molecule has 1 heterocycles. The fraction of sp³-hybridized carbons (Fsp3) is 0.261. The van der Waals surface area contributed by atoms with E-state index in [-0.39, 0.29) is 11.8 Å². The summed E-state index contributed by atoms with van der Waals surface area (Å²) in [6.45, 7) is 2.56. The average molecular weight is 528 g/mol. The van der Waals surface area contributed by atoms with Crippen LogP contribution in [0.25, 0.3) is 6.08 Å². The molecule has 0 radical (unpaired) electrons. The maximum atomic E-state index is 12.7. The lowest BCUT2D eigenvalue weighted by Gasteiger charge is -2.14. The number of thiocarbonyl (C=S) groups is 1. The minimum Gasteiger partial charge on any atom is -0.325 e. The van der Waals surface area contributed by atoms with Gasteiger partial charge < -0.3 is 5.32 Å². The van der Waals surface area contributed by atoms with Crippen molar-refractivity contribution in [1.29, 1.82) is 0 Å². The fourth-order valence-corrected chi connectivity index (χ4v) is 4.97. The third-order valence-electron chi connectivity index (χ3n) is 4.82. The molecule has 0 saturated carbocycles. The standard InChI is InChI=1S/C23H21Cl3N2O2S2/c1-14-6-8-15(9-7-14)11-20-22(30)28(23(31)32-20)10-4-2-3-5-21(29)27-19-13-17(25)16(24)12-18(19)26/h6-9,11-13H,2-5,10H2,1H3,(H,27,29)/b20-11-. The number of amides is 2. The monoisotopic (exact) mass is 526 g/mol. The topological polar surface area (TPSA) is 49.4 Å². The highest BCUT2D eigenvalue weighted by Gasteiger charge is 2.31. The van der Waals surface area contributed by atoms with Gasteiger partial charge in [-0.15, -0.1) is 0 Å². The van der Waals surface area contributed by atoms with Crippen molar-refractivity contribution in [1.82, 2.24) is 4.90 Å². The summed E-state index contributed by atoms with van der Waals surface area (Å²) < 4.78 is 0.570. The Hall–Kier alpha value is -1.57. The van der Waals surface area contributed by atoms with Crippen LogP contribution in [0.4, 0.5) is 5.69 Å². The molecule has 1 fully saturated rings. The number of benzene rings is 2. The van der Waals surface area contributed by atoms with E-state index in [0.717, 1.165) is 18.4 Å². The number of hydrogen-bond acceptors (Lipinski definition) is 4. The molecule has 2 aromatic rings. The van der Waals surface area contributed by atoms with Gasteiger partial charge >= 0.3 is 0 Å². The van der Waals surface area contributed by atoms with Crippen molar-refractivity contribution in [3.05, 3.63) is 67.5 Å². The van der Waals surface area contributed by atoms with Gasteiger partial charge in [0.15, 0.2) is 0 Å². The normalized spacial score (nSPS) is 15.0. The van der Waals surface area contributed by atoms with Crippen LogP contribution in [-0.2, 0) is 9.59 Å². The van der Waals surface area contributed by atoms with E-state index in [2.05, 4.69) is 5.32 Å². The molecule has 0 atom stereocenters. The summed E-state index contributed by atoms with van der Waals surface area (Å²) in [6, 6.07) is 11.0. The lowest BCUT2D eigenvalue weighted by Crippen LogP contribution is -2.29. The molecule has 1 saturated heterocycles. The first-order chi connectivity index (χ1) is 15.2. The summed E-state index contributed by atoms with van der Waals surface area (Å²) in [5.74, 6) is -0.218. The summed E-state index contributed by atoms with van der Waals surface area (Å²) in [6.07, 6.45) is 4.43. The third kappa shape index (κ3) is 6.72. The van der Waals surface area contributed by atoms with Crippen molar-refractivity contribution < 1.29 is 9.59 Å². The van der Waals surface area contributed by atoms with Crippen molar-refractivity contribution in [2.45, 2.75) is 32.6 Å². The lowest BCUT2D eigenvalue weighted by atomic mass is 10.1. The maximum absolute atomic E-state index is 12.7. The molecule has 2 aromatic carbocycles. The van der Waals surface area contributed by atoms with Gasteiger partial charge in [0, 0.05) is 13.0 Å². The van der Waals surface area contributed by atoms with Gasteiger partial charge in [0.2, 0.25) is 5.91 Å². The van der Waals surface area contributed by atoms with E-state index in [9.17, 15) is 9.59 Å². The zero-order valence-electron chi connectivity index (χ0n) is 17.3. The predicted octanol–water partition coefficient (Wildman–Crippen LogP) is 7.36. The molecular formula is C23H21Cl3N2O2S2. The zero-order valence-corrected chi connectivity index (χ0v) is 21.2. The molecule has 4 nitrogen and oxygen atoms in total. The predicted molar refractivity (Wildman–Crippen MR) is 140 cm³/mol. The van der Waals surface area contributed by atoms with Crippen LogP contribution < -0.4 is 5.32 Å². The van der Waals surface area contributed by atoms with Crippen LogP contribution in [0.1, 0.15) is 36.8 Å².